The predicted molar refractivity (Wildman–Crippen MR) is 70.7 cm³/mol. The second-order valence-electron chi connectivity index (χ2n) is 5.08. The number of rotatable bonds is 5. The minimum atomic E-state index is -0.322. The topological polar surface area (TPSA) is 49.6 Å². The van der Waals surface area contributed by atoms with Crippen molar-refractivity contribution in [3.8, 4) is 0 Å². The molecule has 0 saturated carbocycles. The molecule has 0 aliphatic carbocycles. The monoisotopic (exact) mass is 241 g/mol. The lowest BCUT2D eigenvalue weighted by Gasteiger charge is -2.36. The summed E-state index contributed by atoms with van der Waals surface area (Å²) >= 11 is 0. The Bertz CT molecular complexity index is 237. The zero-order chi connectivity index (χ0) is 12.8. The summed E-state index contributed by atoms with van der Waals surface area (Å²) in [6, 6.07) is -0.322. The lowest BCUT2D eigenvalue weighted by atomic mass is 9.98. The van der Waals surface area contributed by atoms with E-state index in [2.05, 4.69) is 25.7 Å². The molecule has 1 rings (SSSR count). The van der Waals surface area contributed by atoms with Gasteiger partial charge in [0.1, 0.15) is 0 Å². The highest BCUT2D eigenvalue weighted by atomic mass is 16.2. The lowest BCUT2D eigenvalue weighted by Crippen LogP contribution is -2.54. The Kier molecular flexibility index (Phi) is 5.92. The molecule has 1 aliphatic heterocycles. The van der Waals surface area contributed by atoms with E-state index in [4.69, 9.17) is 5.73 Å². The van der Waals surface area contributed by atoms with Crippen LogP contribution in [0.5, 0.6) is 0 Å². The van der Waals surface area contributed by atoms with E-state index in [9.17, 15) is 4.79 Å². The summed E-state index contributed by atoms with van der Waals surface area (Å²) in [4.78, 5) is 16.5. The average molecular weight is 241 g/mol. The van der Waals surface area contributed by atoms with Crippen LogP contribution in [0.1, 0.15) is 33.6 Å². The van der Waals surface area contributed by atoms with Crippen LogP contribution in [-0.2, 0) is 4.79 Å². The third-order valence-electron chi connectivity index (χ3n) is 3.77. The van der Waals surface area contributed by atoms with Crippen molar-refractivity contribution < 1.29 is 4.79 Å². The summed E-state index contributed by atoms with van der Waals surface area (Å²) in [5, 5.41) is 0. The first-order valence-electron chi connectivity index (χ1n) is 6.86. The van der Waals surface area contributed by atoms with Crippen LogP contribution >= 0.6 is 0 Å². The van der Waals surface area contributed by atoms with E-state index in [1.807, 2.05) is 4.90 Å². The second kappa shape index (κ2) is 6.97. The maximum Gasteiger partial charge on any atom is 0.239 e. The molecule has 0 aromatic rings. The van der Waals surface area contributed by atoms with Crippen molar-refractivity contribution in [1.29, 1.82) is 0 Å². The number of hydrogen-bond acceptors (Lipinski definition) is 3. The van der Waals surface area contributed by atoms with E-state index in [0.717, 1.165) is 39.1 Å². The van der Waals surface area contributed by atoms with Crippen LogP contribution in [-0.4, -0.2) is 54.5 Å². The third-order valence-corrected chi connectivity index (χ3v) is 3.77. The smallest absolute Gasteiger partial charge is 0.239 e. The van der Waals surface area contributed by atoms with Crippen LogP contribution in [0.3, 0.4) is 0 Å². The number of amides is 1. The molecule has 1 aliphatic rings. The second-order valence-corrected chi connectivity index (χ2v) is 5.08. The quantitative estimate of drug-likeness (QED) is 0.778. The molecule has 0 unspecified atom stereocenters. The van der Waals surface area contributed by atoms with Gasteiger partial charge in [-0.05, 0) is 18.9 Å². The molecule has 0 radical (unpaired) electrons. The molecule has 2 atom stereocenters. The molecule has 4 nitrogen and oxygen atoms in total. The fourth-order valence-corrected chi connectivity index (χ4v) is 2.22. The summed E-state index contributed by atoms with van der Waals surface area (Å²) in [6.07, 6.45) is 2.14. The first-order chi connectivity index (χ1) is 8.10. The number of piperazine rings is 1. The SMILES string of the molecule is CCCN1CCN(C(=O)[C@@H](N)[C@@H](C)CC)CC1. The van der Waals surface area contributed by atoms with E-state index in [1.165, 1.54) is 6.42 Å². The Balaban J connectivity index is 2.40. The Hall–Kier alpha value is -0.610. The number of nitrogens with two attached hydrogens (primary N) is 1. The van der Waals surface area contributed by atoms with E-state index in [1.54, 1.807) is 0 Å². The van der Waals surface area contributed by atoms with Gasteiger partial charge in [-0.2, -0.15) is 0 Å². The molecule has 17 heavy (non-hydrogen) atoms. The van der Waals surface area contributed by atoms with E-state index < -0.39 is 0 Å². The van der Waals surface area contributed by atoms with Crippen molar-refractivity contribution in [3.63, 3.8) is 0 Å². The highest BCUT2D eigenvalue weighted by Crippen LogP contribution is 2.10. The molecule has 0 spiro atoms. The van der Waals surface area contributed by atoms with Crippen molar-refractivity contribution in [1.82, 2.24) is 9.80 Å². The molecule has 2 N–H and O–H groups in total. The summed E-state index contributed by atoms with van der Waals surface area (Å²) in [5.74, 6) is 0.409. The minimum absolute atomic E-state index is 0.135. The van der Waals surface area contributed by atoms with Gasteiger partial charge in [-0.25, -0.2) is 0 Å². The highest BCUT2D eigenvalue weighted by molar-refractivity contribution is 5.82. The lowest BCUT2D eigenvalue weighted by molar-refractivity contribution is -0.135. The standard InChI is InChI=1S/C13H27N3O/c1-4-6-15-7-9-16(10-8-15)13(17)12(14)11(3)5-2/h11-12H,4-10,14H2,1-3H3/t11-,12-/m0/s1. The van der Waals surface area contributed by atoms with Gasteiger partial charge in [-0.3, -0.25) is 9.69 Å². The van der Waals surface area contributed by atoms with Gasteiger partial charge in [-0.1, -0.05) is 27.2 Å². The van der Waals surface area contributed by atoms with Crippen LogP contribution in [0.15, 0.2) is 0 Å². The number of nitrogens with zero attached hydrogens (tertiary/aromatic N) is 2. The molecule has 4 heteroatoms. The summed E-state index contributed by atoms with van der Waals surface area (Å²) < 4.78 is 0. The zero-order valence-electron chi connectivity index (χ0n) is 11.5. The third kappa shape index (κ3) is 3.96. The molecule has 1 heterocycles. The van der Waals surface area contributed by atoms with Crippen molar-refractivity contribution in [2.75, 3.05) is 32.7 Å². The van der Waals surface area contributed by atoms with Gasteiger partial charge in [0.15, 0.2) is 0 Å². The average Bonchev–Trinajstić information content (AvgIpc) is 2.37. The van der Waals surface area contributed by atoms with Crippen LogP contribution < -0.4 is 5.73 Å². The maximum atomic E-state index is 12.1. The van der Waals surface area contributed by atoms with E-state index in [0.29, 0.717) is 0 Å². The zero-order valence-corrected chi connectivity index (χ0v) is 11.5. The molecule has 1 amide bonds. The summed E-state index contributed by atoms with van der Waals surface area (Å²) in [6.45, 7) is 11.1. The predicted octanol–water partition coefficient (Wildman–Crippen LogP) is 0.914. The fourth-order valence-electron chi connectivity index (χ4n) is 2.22. The van der Waals surface area contributed by atoms with Gasteiger partial charge in [0.25, 0.3) is 0 Å². The highest BCUT2D eigenvalue weighted by Gasteiger charge is 2.27. The van der Waals surface area contributed by atoms with Crippen LogP contribution in [0.2, 0.25) is 0 Å². The van der Waals surface area contributed by atoms with Gasteiger partial charge in [-0.15, -0.1) is 0 Å². The normalized spacial score (nSPS) is 21.3. The van der Waals surface area contributed by atoms with Crippen LogP contribution in [0.4, 0.5) is 0 Å². The molecular weight excluding hydrogens is 214 g/mol. The number of hydrogen-bond donors (Lipinski definition) is 1. The Morgan fingerprint density at radius 3 is 2.29 bits per heavy atom. The molecule has 0 bridgehead atoms. The van der Waals surface area contributed by atoms with E-state index in [-0.39, 0.29) is 17.9 Å². The van der Waals surface area contributed by atoms with Crippen molar-refractivity contribution in [3.05, 3.63) is 0 Å². The first-order valence-corrected chi connectivity index (χ1v) is 6.86. The Morgan fingerprint density at radius 1 is 1.24 bits per heavy atom. The Morgan fingerprint density at radius 2 is 1.82 bits per heavy atom. The number of carbonyl (C=O) groups excluding carboxylic acids is 1. The van der Waals surface area contributed by atoms with Crippen molar-refractivity contribution in [2.24, 2.45) is 11.7 Å². The molecule has 0 aromatic carbocycles. The van der Waals surface area contributed by atoms with Crippen molar-refractivity contribution >= 4 is 5.91 Å². The minimum Gasteiger partial charge on any atom is -0.339 e. The molecule has 100 valence electrons. The Labute approximate surface area is 105 Å². The fraction of sp³-hybridized carbons (Fsp3) is 0.923. The van der Waals surface area contributed by atoms with Crippen LogP contribution in [0.25, 0.3) is 0 Å². The van der Waals surface area contributed by atoms with Gasteiger partial charge < -0.3 is 10.6 Å². The molecule has 1 fully saturated rings. The van der Waals surface area contributed by atoms with Gasteiger partial charge in [0.2, 0.25) is 5.91 Å². The maximum absolute atomic E-state index is 12.1. The number of carbonyl (C=O) groups is 1. The molecule has 1 saturated heterocycles. The van der Waals surface area contributed by atoms with Crippen LogP contribution in [0, 0.1) is 5.92 Å². The van der Waals surface area contributed by atoms with Gasteiger partial charge in [0, 0.05) is 26.2 Å². The first kappa shape index (κ1) is 14.5. The summed E-state index contributed by atoms with van der Waals surface area (Å²) in [5.41, 5.74) is 5.99. The van der Waals surface area contributed by atoms with Crippen molar-refractivity contribution in [2.45, 2.75) is 39.7 Å². The molecule has 0 aromatic heterocycles. The molecular formula is C13H27N3O. The van der Waals surface area contributed by atoms with E-state index >= 15 is 0 Å². The van der Waals surface area contributed by atoms with Gasteiger partial charge in [0.05, 0.1) is 6.04 Å². The largest absolute Gasteiger partial charge is 0.339 e. The summed E-state index contributed by atoms with van der Waals surface area (Å²) in [7, 11) is 0. The van der Waals surface area contributed by atoms with Gasteiger partial charge >= 0.3 is 0 Å².